The molecule has 0 bridgehead atoms. The average molecular weight is 280 g/mol. The molecule has 2 amide bonds. The highest BCUT2D eigenvalue weighted by molar-refractivity contribution is 5.97. The Morgan fingerprint density at radius 1 is 1.60 bits per heavy atom. The van der Waals surface area contributed by atoms with Gasteiger partial charge in [-0.1, -0.05) is 0 Å². The van der Waals surface area contributed by atoms with Gasteiger partial charge in [0.2, 0.25) is 6.41 Å². The molecule has 1 fully saturated rings. The van der Waals surface area contributed by atoms with E-state index in [4.69, 9.17) is 15.7 Å². The Balaban J connectivity index is 2.51. The number of nitrogens with zero attached hydrogens (tertiary/aromatic N) is 2. The Hall–Kier alpha value is -1.91. The zero-order valence-electron chi connectivity index (χ0n) is 11.4. The molecular weight excluding hydrogens is 260 g/mol. The predicted octanol–water partition coefficient (Wildman–Crippen LogP) is -0.504. The van der Waals surface area contributed by atoms with E-state index in [1.807, 2.05) is 0 Å². The van der Waals surface area contributed by atoms with Crippen LogP contribution in [0.2, 0.25) is 0 Å². The fraction of sp³-hybridized carbons (Fsp3) is 0.615. The van der Waals surface area contributed by atoms with Gasteiger partial charge in [0.25, 0.3) is 5.91 Å². The summed E-state index contributed by atoms with van der Waals surface area (Å²) in [5, 5.41) is 11.6. The molecule has 7 heteroatoms. The van der Waals surface area contributed by atoms with Crippen LogP contribution < -0.4 is 11.1 Å². The molecule has 0 saturated carbocycles. The summed E-state index contributed by atoms with van der Waals surface area (Å²) in [6.45, 7) is 1.90. The van der Waals surface area contributed by atoms with E-state index in [2.05, 4.69) is 5.32 Å². The monoisotopic (exact) mass is 280 g/mol. The first kappa shape index (κ1) is 16.1. The fourth-order valence-electron chi connectivity index (χ4n) is 1.83. The van der Waals surface area contributed by atoms with Gasteiger partial charge >= 0.3 is 0 Å². The Labute approximate surface area is 118 Å². The van der Waals surface area contributed by atoms with Crippen molar-refractivity contribution in [1.82, 2.24) is 10.2 Å². The third kappa shape index (κ3) is 5.38. The molecule has 1 unspecified atom stereocenters. The van der Waals surface area contributed by atoms with Crippen molar-refractivity contribution in [1.29, 1.82) is 5.26 Å². The summed E-state index contributed by atoms with van der Waals surface area (Å²) in [5.41, 5.74) is 5.25. The largest absolute Gasteiger partial charge is 0.376 e. The molecule has 1 aliphatic heterocycles. The van der Waals surface area contributed by atoms with Gasteiger partial charge in [-0.25, -0.2) is 0 Å². The van der Waals surface area contributed by atoms with Gasteiger partial charge in [-0.15, -0.1) is 0 Å². The molecule has 7 nitrogen and oxygen atoms in total. The molecule has 0 aliphatic carbocycles. The van der Waals surface area contributed by atoms with E-state index >= 15 is 0 Å². The number of carbonyl (C=O) groups is 2. The number of amides is 2. The van der Waals surface area contributed by atoms with Crippen molar-refractivity contribution in [3.8, 4) is 6.07 Å². The molecule has 0 aromatic heterocycles. The standard InChI is InChI=1S/C13H20N4O3/c14-4-2-5-17(10-18)9-11(7-15)13(19)16-8-12-3-1-6-20-12/h9-10,12H,1-6,8,14H2,(H,16,19)/b11-9-. The summed E-state index contributed by atoms with van der Waals surface area (Å²) in [4.78, 5) is 23.9. The summed E-state index contributed by atoms with van der Waals surface area (Å²) < 4.78 is 5.37. The summed E-state index contributed by atoms with van der Waals surface area (Å²) in [7, 11) is 0. The second-order valence-corrected chi connectivity index (χ2v) is 4.49. The summed E-state index contributed by atoms with van der Waals surface area (Å²) in [5.74, 6) is -0.498. The maximum Gasteiger partial charge on any atom is 0.263 e. The molecule has 0 aromatic carbocycles. The van der Waals surface area contributed by atoms with Gasteiger partial charge < -0.3 is 20.7 Å². The van der Waals surface area contributed by atoms with E-state index in [1.165, 1.54) is 11.1 Å². The van der Waals surface area contributed by atoms with Gasteiger partial charge in [0.1, 0.15) is 11.6 Å². The minimum atomic E-state index is -0.498. The van der Waals surface area contributed by atoms with Crippen LogP contribution in [0.5, 0.6) is 0 Å². The third-order valence-corrected chi connectivity index (χ3v) is 2.93. The first-order valence-corrected chi connectivity index (χ1v) is 6.64. The third-order valence-electron chi connectivity index (χ3n) is 2.93. The minimum Gasteiger partial charge on any atom is -0.376 e. The van der Waals surface area contributed by atoms with Crippen LogP contribution in [0.25, 0.3) is 0 Å². The van der Waals surface area contributed by atoms with Crippen molar-refractivity contribution in [2.45, 2.75) is 25.4 Å². The Morgan fingerprint density at radius 3 is 2.95 bits per heavy atom. The lowest BCUT2D eigenvalue weighted by atomic mass is 10.2. The molecule has 1 aliphatic rings. The quantitative estimate of drug-likeness (QED) is 0.354. The highest BCUT2D eigenvalue weighted by atomic mass is 16.5. The topological polar surface area (TPSA) is 108 Å². The van der Waals surface area contributed by atoms with Crippen LogP contribution in [-0.4, -0.2) is 49.6 Å². The lowest BCUT2D eigenvalue weighted by Gasteiger charge is -2.13. The number of nitrogens with two attached hydrogens (primary N) is 1. The zero-order chi connectivity index (χ0) is 14.8. The lowest BCUT2D eigenvalue weighted by Crippen LogP contribution is -2.33. The first-order valence-electron chi connectivity index (χ1n) is 6.64. The van der Waals surface area contributed by atoms with Crippen molar-refractivity contribution in [2.24, 2.45) is 5.73 Å². The average Bonchev–Trinajstić information content (AvgIpc) is 2.98. The highest BCUT2D eigenvalue weighted by Crippen LogP contribution is 2.10. The second kappa shape index (κ2) is 9.07. The number of nitrogens with one attached hydrogen (secondary N) is 1. The van der Waals surface area contributed by atoms with E-state index < -0.39 is 5.91 Å². The SMILES string of the molecule is N#C/C(=C/N(C=O)CCCN)C(=O)NCC1CCCO1. The lowest BCUT2D eigenvalue weighted by molar-refractivity contribution is -0.117. The van der Waals surface area contributed by atoms with Crippen molar-refractivity contribution < 1.29 is 14.3 Å². The first-order chi connectivity index (χ1) is 9.71. The molecule has 110 valence electrons. The van der Waals surface area contributed by atoms with Gasteiger partial charge in [-0.2, -0.15) is 5.26 Å². The van der Waals surface area contributed by atoms with Crippen LogP contribution in [0.4, 0.5) is 0 Å². The number of ether oxygens (including phenoxy) is 1. The van der Waals surface area contributed by atoms with Gasteiger partial charge in [0.05, 0.1) is 6.10 Å². The smallest absolute Gasteiger partial charge is 0.263 e. The number of rotatable bonds is 8. The Bertz CT molecular complexity index is 397. The predicted molar refractivity (Wildman–Crippen MR) is 72.1 cm³/mol. The number of hydrogen-bond donors (Lipinski definition) is 2. The van der Waals surface area contributed by atoms with E-state index in [1.54, 1.807) is 6.07 Å². The molecule has 1 rings (SSSR count). The fourth-order valence-corrected chi connectivity index (χ4v) is 1.83. The number of hydrogen-bond acceptors (Lipinski definition) is 5. The van der Waals surface area contributed by atoms with E-state index in [-0.39, 0.29) is 11.7 Å². The van der Waals surface area contributed by atoms with Crippen LogP contribution in [0.15, 0.2) is 11.8 Å². The van der Waals surface area contributed by atoms with E-state index in [9.17, 15) is 9.59 Å². The number of nitriles is 1. The van der Waals surface area contributed by atoms with Crippen molar-refractivity contribution in [2.75, 3.05) is 26.2 Å². The Kier molecular flexibility index (Phi) is 7.32. The van der Waals surface area contributed by atoms with Gasteiger partial charge in [0.15, 0.2) is 0 Å². The molecule has 1 saturated heterocycles. The number of carbonyl (C=O) groups excluding carboxylic acids is 2. The van der Waals surface area contributed by atoms with Gasteiger partial charge in [-0.05, 0) is 25.8 Å². The van der Waals surface area contributed by atoms with Crippen molar-refractivity contribution in [3.05, 3.63) is 11.8 Å². The molecule has 0 spiro atoms. The molecule has 3 N–H and O–H groups in total. The van der Waals surface area contributed by atoms with E-state index in [0.29, 0.717) is 39.1 Å². The summed E-state index contributed by atoms with van der Waals surface area (Å²) in [6, 6.07) is 1.79. The second-order valence-electron chi connectivity index (χ2n) is 4.49. The maximum absolute atomic E-state index is 11.8. The Morgan fingerprint density at radius 2 is 2.40 bits per heavy atom. The van der Waals surface area contributed by atoms with Gasteiger partial charge in [0, 0.05) is 25.9 Å². The molecule has 20 heavy (non-hydrogen) atoms. The zero-order valence-corrected chi connectivity index (χ0v) is 11.4. The molecule has 0 radical (unpaired) electrons. The molecular formula is C13H20N4O3. The molecule has 0 aromatic rings. The highest BCUT2D eigenvalue weighted by Gasteiger charge is 2.18. The van der Waals surface area contributed by atoms with Crippen LogP contribution in [0.1, 0.15) is 19.3 Å². The van der Waals surface area contributed by atoms with Crippen molar-refractivity contribution >= 4 is 12.3 Å². The van der Waals surface area contributed by atoms with Crippen LogP contribution in [0, 0.1) is 11.3 Å². The molecule has 1 heterocycles. The van der Waals surface area contributed by atoms with Gasteiger partial charge in [-0.3, -0.25) is 9.59 Å². The minimum absolute atomic E-state index is 0.0123. The van der Waals surface area contributed by atoms with Crippen LogP contribution in [0.3, 0.4) is 0 Å². The summed E-state index contributed by atoms with van der Waals surface area (Å²) >= 11 is 0. The van der Waals surface area contributed by atoms with Crippen LogP contribution >= 0.6 is 0 Å². The van der Waals surface area contributed by atoms with E-state index in [0.717, 1.165) is 12.8 Å². The van der Waals surface area contributed by atoms with Crippen molar-refractivity contribution in [3.63, 3.8) is 0 Å². The normalized spacial score (nSPS) is 18.4. The van der Waals surface area contributed by atoms with Crippen LogP contribution in [-0.2, 0) is 14.3 Å². The summed E-state index contributed by atoms with van der Waals surface area (Å²) in [6.07, 6.45) is 4.32. The maximum atomic E-state index is 11.8. The molecule has 1 atom stereocenters.